The Morgan fingerprint density at radius 2 is 2.26 bits per heavy atom. The van der Waals surface area contributed by atoms with Gasteiger partial charge in [0.25, 0.3) is 0 Å². The lowest BCUT2D eigenvalue weighted by Gasteiger charge is -2.31. The lowest BCUT2D eigenvalue weighted by Crippen LogP contribution is -2.44. The summed E-state index contributed by atoms with van der Waals surface area (Å²) < 4.78 is 5.28. The van der Waals surface area contributed by atoms with Gasteiger partial charge in [-0.3, -0.25) is 9.69 Å². The summed E-state index contributed by atoms with van der Waals surface area (Å²) in [5.41, 5.74) is 1.94. The highest BCUT2D eigenvalue weighted by Crippen LogP contribution is 2.29. The average Bonchev–Trinajstić information content (AvgIpc) is 3.01. The van der Waals surface area contributed by atoms with Gasteiger partial charge in [0.2, 0.25) is 5.91 Å². The van der Waals surface area contributed by atoms with E-state index in [-0.39, 0.29) is 11.9 Å². The van der Waals surface area contributed by atoms with Crippen LogP contribution in [0.25, 0.3) is 0 Å². The molecule has 1 aromatic carbocycles. The molecule has 0 fully saturated rings. The number of hydrogen-bond acceptors (Lipinski definition) is 4. The van der Waals surface area contributed by atoms with Crippen molar-refractivity contribution in [1.29, 1.82) is 0 Å². The van der Waals surface area contributed by atoms with Gasteiger partial charge < -0.3 is 10.1 Å². The number of anilines is 1. The molecule has 0 aliphatic carbocycles. The topological polar surface area (TPSA) is 41.6 Å². The van der Waals surface area contributed by atoms with Crippen LogP contribution in [0.4, 0.5) is 5.69 Å². The van der Waals surface area contributed by atoms with Crippen LogP contribution in [0.3, 0.4) is 0 Å². The van der Waals surface area contributed by atoms with Crippen LogP contribution < -0.4 is 10.1 Å². The number of nitrogens with zero attached hydrogens (tertiary/aromatic N) is 1. The molecule has 3 rings (SSSR count). The standard InChI is InChI=1S/C17H19ClN2O2S/c1-11(20-7-5-16-12(10-20)6-8-23-16)17(21)19-14-9-13(18)3-4-15(14)22-2/h3-4,6,8-9,11H,5,7,10H2,1-2H3,(H,19,21)/t11-/m1/s1. The van der Waals surface area contributed by atoms with Crippen LogP contribution >= 0.6 is 22.9 Å². The highest BCUT2D eigenvalue weighted by Gasteiger charge is 2.26. The minimum atomic E-state index is -0.216. The predicted octanol–water partition coefficient (Wildman–Crippen LogP) is 3.80. The zero-order chi connectivity index (χ0) is 16.4. The van der Waals surface area contributed by atoms with Crippen molar-refractivity contribution in [3.05, 3.63) is 45.1 Å². The van der Waals surface area contributed by atoms with Gasteiger partial charge in [-0.15, -0.1) is 11.3 Å². The van der Waals surface area contributed by atoms with Crippen molar-refractivity contribution >= 4 is 34.5 Å². The fourth-order valence-corrected chi connectivity index (χ4v) is 3.84. The fourth-order valence-electron chi connectivity index (χ4n) is 2.78. The van der Waals surface area contributed by atoms with E-state index in [4.69, 9.17) is 16.3 Å². The maximum atomic E-state index is 12.6. The minimum Gasteiger partial charge on any atom is -0.495 e. The Labute approximate surface area is 145 Å². The summed E-state index contributed by atoms with van der Waals surface area (Å²) in [6, 6.07) is 7.13. The SMILES string of the molecule is COc1ccc(Cl)cc1NC(=O)[C@@H](C)N1CCc2sccc2C1. The number of hydrogen-bond donors (Lipinski definition) is 1. The second-order valence-electron chi connectivity index (χ2n) is 5.60. The molecule has 1 atom stereocenters. The average molecular weight is 351 g/mol. The third kappa shape index (κ3) is 3.52. The van der Waals surface area contributed by atoms with Crippen molar-refractivity contribution < 1.29 is 9.53 Å². The molecule has 6 heteroatoms. The van der Waals surface area contributed by atoms with Crippen molar-refractivity contribution in [2.75, 3.05) is 19.0 Å². The maximum Gasteiger partial charge on any atom is 0.241 e. The van der Waals surface area contributed by atoms with E-state index >= 15 is 0 Å². The first-order valence-electron chi connectivity index (χ1n) is 7.52. The molecule has 2 heterocycles. The van der Waals surface area contributed by atoms with Crippen LogP contribution in [0.1, 0.15) is 17.4 Å². The number of fused-ring (bicyclic) bond motifs is 1. The summed E-state index contributed by atoms with van der Waals surface area (Å²) in [6.07, 6.45) is 1.01. The Morgan fingerprint density at radius 3 is 3.04 bits per heavy atom. The van der Waals surface area contributed by atoms with E-state index in [0.717, 1.165) is 19.5 Å². The lowest BCUT2D eigenvalue weighted by molar-refractivity contribution is -0.121. The van der Waals surface area contributed by atoms with Crippen molar-refractivity contribution in [1.82, 2.24) is 4.90 Å². The third-order valence-electron chi connectivity index (χ3n) is 4.18. The van der Waals surface area contributed by atoms with Gasteiger partial charge in [-0.2, -0.15) is 0 Å². The first-order chi connectivity index (χ1) is 11.1. The predicted molar refractivity (Wildman–Crippen MR) is 94.5 cm³/mol. The van der Waals surface area contributed by atoms with Gasteiger partial charge in [-0.1, -0.05) is 11.6 Å². The largest absolute Gasteiger partial charge is 0.495 e. The molecule has 2 aromatic rings. The summed E-state index contributed by atoms with van der Waals surface area (Å²) in [7, 11) is 1.57. The van der Waals surface area contributed by atoms with Crippen LogP contribution in [0.2, 0.25) is 5.02 Å². The van der Waals surface area contributed by atoms with E-state index in [9.17, 15) is 4.79 Å². The summed E-state index contributed by atoms with van der Waals surface area (Å²) in [5.74, 6) is 0.554. The Balaban J connectivity index is 1.70. The summed E-state index contributed by atoms with van der Waals surface area (Å²) in [5, 5.41) is 5.61. The Kier molecular flexibility index (Phi) is 4.90. The van der Waals surface area contributed by atoms with E-state index in [2.05, 4.69) is 21.7 Å². The molecule has 4 nitrogen and oxygen atoms in total. The number of methoxy groups -OCH3 is 1. The number of carbonyl (C=O) groups excluding carboxylic acids is 1. The Hall–Kier alpha value is -1.56. The molecule has 0 radical (unpaired) electrons. The van der Waals surface area contributed by atoms with E-state index < -0.39 is 0 Å². The molecule has 1 amide bonds. The van der Waals surface area contributed by atoms with E-state index in [0.29, 0.717) is 16.5 Å². The number of rotatable bonds is 4. The normalized spacial score (nSPS) is 15.8. The summed E-state index contributed by atoms with van der Waals surface area (Å²) in [6.45, 7) is 3.65. The quantitative estimate of drug-likeness (QED) is 0.912. The number of nitrogens with one attached hydrogen (secondary N) is 1. The smallest absolute Gasteiger partial charge is 0.241 e. The van der Waals surface area contributed by atoms with Gasteiger partial charge in [0.15, 0.2) is 0 Å². The van der Waals surface area contributed by atoms with Crippen LogP contribution in [0.15, 0.2) is 29.6 Å². The number of thiophene rings is 1. The zero-order valence-corrected chi connectivity index (χ0v) is 14.7. The van der Waals surface area contributed by atoms with Crippen molar-refractivity contribution in [3.63, 3.8) is 0 Å². The van der Waals surface area contributed by atoms with E-state index in [1.54, 1.807) is 36.6 Å². The van der Waals surface area contributed by atoms with E-state index in [1.165, 1.54) is 10.4 Å². The number of ether oxygens (including phenoxy) is 1. The summed E-state index contributed by atoms with van der Waals surface area (Å²) in [4.78, 5) is 16.2. The van der Waals surface area contributed by atoms with E-state index in [1.807, 2.05) is 6.92 Å². The molecule has 0 saturated heterocycles. The Morgan fingerprint density at radius 1 is 1.43 bits per heavy atom. The highest BCUT2D eigenvalue weighted by molar-refractivity contribution is 7.10. The van der Waals surface area contributed by atoms with Crippen LogP contribution in [-0.4, -0.2) is 30.5 Å². The number of carbonyl (C=O) groups is 1. The number of benzene rings is 1. The monoisotopic (exact) mass is 350 g/mol. The second-order valence-corrected chi connectivity index (χ2v) is 7.04. The molecule has 1 N–H and O–H groups in total. The molecule has 1 aromatic heterocycles. The second kappa shape index (κ2) is 6.91. The van der Waals surface area contributed by atoms with Crippen molar-refractivity contribution in [3.8, 4) is 5.75 Å². The minimum absolute atomic E-state index is 0.0516. The summed E-state index contributed by atoms with van der Waals surface area (Å²) >= 11 is 7.81. The first kappa shape index (κ1) is 16.3. The highest BCUT2D eigenvalue weighted by atomic mass is 35.5. The molecule has 0 saturated carbocycles. The first-order valence-corrected chi connectivity index (χ1v) is 8.78. The third-order valence-corrected chi connectivity index (χ3v) is 5.44. The Bertz CT molecular complexity index is 716. The van der Waals surface area contributed by atoms with Gasteiger partial charge in [-0.05, 0) is 48.6 Å². The fraction of sp³-hybridized carbons (Fsp3) is 0.353. The molecule has 23 heavy (non-hydrogen) atoms. The number of halogens is 1. The molecule has 0 unspecified atom stereocenters. The molecular weight excluding hydrogens is 332 g/mol. The maximum absolute atomic E-state index is 12.6. The molecule has 0 spiro atoms. The lowest BCUT2D eigenvalue weighted by atomic mass is 10.1. The zero-order valence-electron chi connectivity index (χ0n) is 13.1. The van der Waals surface area contributed by atoms with Gasteiger partial charge in [0.1, 0.15) is 5.75 Å². The molecular formula is C17H19ClN2O2S. The van der Waals surface area contributed by atoms with Crippen molar-refractivity contribution in [2.45, 2.75) is 25.9 Å². The number of amides is 1. The van der Waals surface area contributed by atoms with Gasteiger partial charge in [0.05, 0.1) is 18.8 Å². The van der Waals surface area contributed by atoms with Gasteiger partial charge >= 0.3 is 0 Å². The molecule has 0 bridgehead atoms. The molecule has 1 aliphatic rings. The van der Waals surface area contributed by atoms with Crippen LogP contribution in [-0.2, 0) is 17.8 Å². The van der Waals surface area contributed by atoms with Gasteiger partial charge in [0, 0.05) is 23.0 Å². The van der Waals surface area contributed by atoms with Crippen molar-refractivity contribution in [2.24, 2.45) is 0 Å². The molecule has 122 valence electrons. The van der Waals surface area contributed by atoms with Gasteiger partial charge in [-0.25, -0.2) is 0 Å². The van der Waals surface area contributed by atoms with Crippen LogP contribution in [0, 0.1) is 0 Å². The molecule has 1 aliphatic heterocycles. The van der Waals surface area contributed by atoms with Crippen LogP contribution in [0.5, 0.6) is 5.75 Å².